The van der Waals surface area contributed by atoms with E-state index in [1.54, 1.807) is 24.3 Å². The lowest BCUT2D eigenvalue weighted by Gasteiger charge is -2.36. The van der Waals surface area contributed by atoms with Gasteiger partial charge in [0.1, 0.15) is 5.54 Å². The van der Waals surface area contributed by atoms with Crippen LogP contribution in [0.1, 0.15) is 75.6 Å². The molecule has 162 valence electrons. The van der Waals surface area contributed by atoms with E-state index >= 15 is 0 Å². The van der Waals surface area contributed by atoms with Gasteiger partial charge >= 0.3 is 6.03 Å². The van der Waals surface area contributed by atoms with Gasteiger partial charge in [0.15, 0.2) is 5.78 Å². The number of anilines is 1. The van der Waals surface area contributed by atoms with Gasteiger partial charge in [-0.1, -0.05) is 39.5 Å². The molecule has 2 fully saturated rings. The second kappa shape index (κ2) is 9.41. The van der Waals surface area contributed by atoms with E-state index in [1.807, 2.05) is 6.92 Å². The van der Waals surface area contributed by atoms with Crippen LogP contribution in [0.5, 0.6) is 0 Å². The van der Waals surface area contributed by atoms with Gasteiger partial charge in [-0.2, -0.15) is 0 Å². The monoisotopic (exact) mass is 413 g/mol. The molecule has 3 rings (SSSR count). The molecule has 0 bridgehead atoms. The molecule has 7 nitrogen and oxygen atoms in total. The maximum atomic E-state index is 13.0. The predicted octanol–water partition coefficient (Wildman–Crippen LogP) is 3.89. The highest BCUT2D eigenvalue weighted by Crippen LogP contribution is 2.38. The molecule has 2 N–H and O–H groups in total. The fraction of sp³-hybridized carbons (Fsp3) is 0.565. The minimum Gasteiger partial charge on any atom is -0.326 e. The van der Waals surface area contributed by atoms with Crippen molar-refractivity contribution in [3.63, 3.8) is 0 Å². The first kappa shape index (κ1) is 22.0. The smallest absolute Gasteiger partial charge is 0.325 e. The Kier molecular flexibility index (Phi) is 6.90. The first-order valence-corrected chi connectivity index (χ1v) is 10.9. The SMILES string of the molecule is CCCCCC(=O)Nc1ccc(C(=O)CN2C(=O)N[C@@]3(CCCC[C@@H]3C)C2=O)cc1. The number of hydrogen-bond donors (Lipinski definition) is 2. The quantitative estimate of drug-likeness (QED) is 0.384. The lowest BCUT2D eigenvalue weighted by molar-refractivity contribution is -0.133. The molecular formula is C23H31N3O4. The van der Waals surface area contributed by atoms with Gasteiger partial charge in [-0.25, -0.2) is 4.79 Å². The third kappa shape index (κ3) is 4.55. The molecule has 0 unspecified atom stereocenters. The van der Waals surface area contributed by atoms with E-state index in [1.165, 1.54) is 0 Å². The zero-order valence-corrected chi connectivity index (χ0v) is 17.8. The minimum atomic E-state index is -0.860. The number of carbonyl (C=O) groups excluding carboxylic acids is 4. The van der Waals surface area contributed by atoms with Crippen LogP contribution in [-0.4, -0.2) is 40.6 Å². The number of rotatable bonds is 8. The van der Waals surface area contributed by atoms with Gasteiger partial charge in [0.05, 0.1) is 6.54 Å². The zero-order chi connectivity index (χ0) is 21.7. The predicted molar refractivity (Wildman–Crippen MR) is 114 cm³/mol. The highest BCUT2D eigenvalue weighted by molar-refractivity contribution is 6.11. The maximum absolute atomic E-state index is 13.0. The summed E-state index contributed by atoms with van der Waals surface area (Å²) in [7, 11) is 0. The van der Waals surface area contributed by atoms with E-state index in [2.05, 4.69) is 17.6 Å². The molecule has 1 aromatic rings. The highest BCUT2D eigenvalue weighted by Gasteiger charge is 2.55. The first-order valence-electron chi connectivity index (χ1n) is 10.9. The van der Waals surface area contributed by atoms with Gasteiger partial charge in [-0.15, -0.1) is 0 Å². The lowest BCUT2D eigenvalue weighted by atomic mass is 9.73. The number of nitrogens with zero attached hydrogens (tertiary/aromatic N) is 1. The van der Waals surface area contributed by atoms with Crippen LogP contribution in [0.15, 0.2) is 24.3 Å². The number of urea groups is 1. The van der Waals surface area contributed by atoms with Gasteiger partial charge < -0.3 is 10.6 Å². The van der Waals surface area contributed by atoms with E-state index in [0.717, 1.165) is 43.4 Å². The average molecular weight is 414 g/mol. The molecule has 0 radical (unpaired) electrons. The van der Waals surface area contributed by atoms with Gasteiger partial charge in [0.2, 0.25) is 5.91 Å². The van der Waals surface area contributed by atoms with Crippen molar-refractivity contribution in [3.8, 4) is 0 Å². The van der Waals surface area contributed by atoms with E-state index in [4.69, 9.17) is 0 Å². The van der Waals surface area contributed by atoms with Crippen molar-refractivity contribution < 1.29 is 19.2 Å². The van der Waals surface area contributed by atoms with Gasteiger partial charge in [0, 0.05) is 17.7 Å². The Labute approximate surface area is 177 Å². The molecule has 1 aromatic carbocycles. The van der Waals surface area contributed by atoms with Crippen LogP contribution < -0.4 is 10.6 Å². The van der Waals surface area contributed by atoms with Gasteiger partial charge in [-0.05, 0) is 49.4 Å². The molecule has 7 heteroatoms. The zero-order valence-electron chi connectivity index (χ0n) is 17.8. The van der Waals surface area contributed by atoms with E-state index in [0.29, 0.717) is 24.1 Å². The number of unbranched alkanes of at least 4 members (excludes halogenated alkanes) is 2. The molecule has 4 amide bonds. The molecule has 1 spiro atoms. The molecule has 1 saturated heterocycles. The fourth-order valence-corrected chi connectivity index (χ4v) is 4.37. The second-order valence-corrected chi connectivity index (χ2v) is 8.45. The Morgan fingerprint density at radius 2 is 1.90 bits per heavy atom. The van der Waals surface area contributed by atoms with Crippen molar-refractivity contribution in [2.75, 3.05) is 11.9 Å². The van der Waals surface area contributed by atoms with Crippen LogP contribution >= 0.6 is 0 Å². The summed E-state index contributed by atoms with van der Waals surface area (Å²) in [5, 5.41) is 5.68. The topological polar surface area (TPSA) is 95.6 Å². The van der Waals surface area contributed by atoms with Crippen LogP contribution in [0.4, 0.5) is 10.5 Å². The van der Waals surface area contributed by atoms with Gasteiger partial charge in [0.25, 0.3) is 5.91 Å². The van der Waals surface area contributed by atoms with Crippen molar-refractivity contribution >= 4 is 29.3 Å². The van der Waals surface area contributed by atoms with E-state index < -0.39 is 11.6 Å². The molecule has 0 aromatic heterocycles. The summed E-state index contributed by atoms with van der Waals surface area (Å²) in [6, 6.07) is 6.07. The summed E-state index contributed by atoms with van der Waals surface area (Å²) in [5.41, 5.74) is 0.164. The normalized spacial score (nSPS) is 23.5. The van der Waals surface area contributed by atoms with E-state index in [9.17, 15) is 19.2 Å². The third-order valence-corrected chi connectivity index (χ3v) is 6.30. The van der Waals surface area contributed by atoms with Crippen LogP contribution in [0.25, 0.3) is 0 Å². The Balaban J connectivity index is 1.60. The lowest BCUT2D eigenvalue weighted by Crippen LogP contribution is -2.54. The Morgan fingerprint density at radius 3 is 2.57 bits per heavy atom. The molecular weight excluding hydrogens is 382 g/mol. The first-order chi connectivity index (χ1) is 14.4. The number of Topliss-reactive ketones (excluding diaryl/α,β-unsaturated/α-hetero) is 1. The molecule has 30 heavy (non-hydrogen) atoms. The van der Waals surface area contributed by atoms with E-state index in [-0.39, 0.29) is 30.1 Å². The summed E-state index contributed by atoms with van der Waals surface area (Å²) >= 11 is 0. The summed E-state index contributed by atoms with van der Waals surface area (Å²) in [6.45, 7) is 3.79. The molecule has 1 aliphatic heterocycles. The summed E-state index contributed by atoms with van der Waals surface area (Å²) in [6.07, 6.45) is 6.85. The highest BCUT2D eigenvalue weighted by atomic mass is 16.2. The number of carbonyl (C=O) groups is 4. The second-order valence-electron chi connectivity index (χ2n) is 8.45. The Morgan fingerprint density at radius 1 is 1.17 bits per heavy atom. The fourth-order valence-electron chi connectivity index (χ4n) is 4.37. The van der Waals surface area contributed by atoms with Crippen LogP contribution in [0.2, 0.25) is 0 Å². The maximum Gasteiger partial charge on any atom is 0.325 e. The van der Waals surface area contributed by atoms with Crippen molar-refractivity contribution in [2.45, 2.75) is 70.8 Å². The molecule has 2 aliphatic rings. The van der Waals surface area contributed by atoms with Crippen molar-refractivity contribution in [1.82, 2.24) is 10.2 Å². The van der Waals surface area contributed by atoms with Crippen molar-refractivity contribution in [3.05, 3.63) is 29.8 Å². The van der Waals surface area contributed by atoms with Crippen molar-refractivity contribution in [1.29, 1.82) is 0 Å². The summed E-state index contributed by atoms with van der Waals surface area (Å²) in [4.78, 5) is 51.1. The number of hydrogen-bond acceptors (Lipinski definition) is 4. The summed E-state index contributed by atoms with van der Waals surface area (Å²) in [5.74, 6) is -0.583. The number of amides is 4. The minimum absolute atomic E-state index is 0.0474. The van der Waals surface area contributed by atoms with Crippen molar-refractivity contribution in [2.24, 2.45) is 5.92 Å². The third-order valence-electron chi connectivity index (χ3n) is 6.30. The largest absolute Gasteiger partial charge is 0.326 e. The number of ketones is 1. The standard InChI is InChI=1S/C23H31N3O4/c1-3-4-5-9-20(28)24-18-12-10-17(11-13-18)19(27)15-26-21(29)23(25-22(26)30)14-7-6-8-16(23)2/h10-13,16H,3-9,14-15H2,1-2H3,(H,24,28)(H,25,30)/t16-,23+/m0/s1. The Hall–Kier alpha value is -2.70. The van der Waals surface area contributed by atoms with Crippen LogP contribution in [0, 0.1) is 5.92 Å². The average Bonchev–Trinajstić information content (AvgIpc) is 2.96. The Bertz CT molecular complexity index is 820. The molecule has 2 atom stereocenters. The van der Waals surface area contributed by atoms with Gasteiger partial charge in [-0.3, -0.25) is 19.3 Å². The molecule has 1 aliphatic carbocycles. The molecule has 1 saturated carbocycles. The number of imide groups is 1. The van der Waals surface area contributed by atoms with Crippen LogP contribution in [-0.2, 0) is 9.59 Å². The number of nitrogens with one attached hydrogen (secondary N) is 2. The van der Waals surface area contributed by atoms with Crippen LogP contribution in [0.3, 0.4) is 0 Å². The number of benzene rings is 1. The summed E-state index contributed by atoms with van der Waals surface area (Å²) < 4.78 is 0. The molecule has 1 heterocycles.